The Labute approximate surface area is 144 Å². The Balaban J connectivity index is 1.65. The minimum Gasteiger partial charge on any atom is -0.321 e. The molecule has 124 valence electrons. The summed E-state index contributed by atoms with van der Waals surface area (Å²) in [5.74, 6) is 0.174. The lowest BCUT2D eigenvalue weighted by molar-refractivity contribution is -0.909. The van der Waals surface area contributed by atoms with Crippen LogP contribution in [0.2, 0.25) is 0 Å². The Kier molecular flexibility index (Phi) is 5.11. The van der Waals surface area contributed by atoms with E-state index in [0.717, 1.165) is 25.2 Å². The van der Waals surface area contributed by atoms with Crippen molar-refractivity contribution in [1.29, 1.82) is 0 Å². The van der Waals surface area contributed by atoms with E-state index in [2.05, 4.69) is 30.3 Å². The molecule has 1 amide bonds. The molecular formula is C21H25N2O+. The van der Waals surface area contributed by atoms with Crippen molar-refractivity contribution in [2.45, 2.75) is 19.4 Å². The third kappa shape index (κ3) is 3.57. The molecule has 0 saturated heterocycles. The normalized spacial score (nSPS) is 18.6. The lowest BCUT2D eigenvalue weighted by Gasteiger charge is -2.30. The number of rotatable bonds is 4. The Morgan fingerprint density at radius 3 is 2.25 bits per heavy atom. The van der Waals surface area contributed by atoms with Crippen LogP contribution >= 0.6 is 0 Å². The SMILES string of the molecule is C[C@@H](C(=O)N(C)c1ccccc1)[NH+]1CC=C(c2ccccc2)CC1. The molecule has 24 heavy (non-hydrogen) atoms. The van der Waals surface area contributed by atoms with Crippen LogP contribution in [-0.2, 0) is 4.79 Å². The summed E-state index contributed by atoms with van der Waals surface area (Å²) in [6, 6.07) is 20.3. The first kappa shape index (κ1) is 16.5. The van der Waals surface area contributed by atoms with Gasteiger partial charge in [-0.1, -0.05) is 48.5 Å². The smallest absolute Gasteiger partial charge is 0.284 e. The quantitative estimate of drug-likeness (QED) is 0.919. The van der Waals surface area contributed by atoms with Crippen molar-refractivity contribution in [1.82, 2.24) is 0 Å². The van der Waals surface area contributed by atoms with E-state index in [4.69, 9.17) is 0 Å². The minimum atomic E-state index is -0.0382. The highest BCUT2D eigenvalue weighted by molar-refractivity contribution is 5.95. The van der Waals surface area contributed by atoms with Crippen LogP contribution in [0.1, 0.15) is 18.9 Å². The summed E-state index contributed by atoms with van der Waals surface area (Å²) in [6.07, 6.45) is 3.31. The van der Waals surface area contributed by atoms with E-state index in [9.17, 15) is 4.79 Å². The van der Waals surface area contributed by atoms with Crippen molar-refractivity contribution in [3.63, 3.8) is 0 Å². The number of nitrogens with zero attached hydrogens (tertiary/aromatic N) is 1. The van der Waals surface area contributed by atoms with Gasteiger partial charge in [0.25, 0.3) is 5.91 Å². The molecule has 2 atom stereocenters. The van der Waals surface area contributed by atoms with Crippen LogP contribution in [0.5, 0.6) is 0 Å². The van der Waals surface area contributed by atoms with Crippen molar-refractivity contribution in [3.8, 4) is 0 Å². The van der Waals surface area contributed by atoms with Crippen LogP contribution in [-0.4, -0.2) is 32.1 Å². The number of benzene rings is 2. The van der Waals surface area contributed by atoms with Crippen LogP contribution in [0.4, 0.5) is 5.69 Å². The maximum absolute atomic E-state index is 12.8. The van der Waals surface area contributed by atoms with Gasteiger partial charge in [-0.15, -0.1) is 0 Å². The minimum absolute atomic E-state index is 0.0382. The number of carbonyl (C=O) groups excluding carboxylic acids is 1. The lowest BCUT2D eigenvalue weighted by Crippen LogP contribution is -3.17. The number of likely N-dealkylation sites (N-methyl/N-ethyl adjacent to an activating group) is 1. The van der Waals surface area contributed by atoms with E-state index in [1.807, 2.05) is 50.4 Å². The van der Waals surface area contributed by atoms with Gasteiger partial charge in [-0.3, -0.25) is 4.79 Å². The van der Waals surface area contributed by atoms with Crippen molar-refractivity contribution in [3.05, 3.63) is 72.3 Å². The van der Waals surface area contributed by atoms with Crippen LogP contribution in [0.25, 0.3) is 5.57 Å². The van der Waals surface area contributed by atoms with Crippen molar-refractivity contribution >= 4 is 17.2 Å². The largest absolute Gasteiger partial charge is 0.321 e. The number of hydrogen-bond acceptors (Lipinski definition) is 1. The van der Waals surface area contributed by atoms with Crippen LogP contribution in [0.3, 0.4) is 0 Å². The molecule has 0 spiro atoms. The summed E-state index contributed by atoms with van der Waals surface area (Å²) in [5.41, 5.74) is 3.65. The Morgan fingerprint density at radius 1 is 1.04 bits per heavy atom. The molecule has 1 heterocycles. The molecule has 3 heteroatoms. The monoisotopic (exact) mass is 321 g/mol. The Morgan fingerprint density at radius 2 is 1.67 bits per heavy atom. The third-order valence-corrected chi connectivity index (χ3v) is 4.93. The number of para-hydroxylation sites is 1. The van der Waals surface area contributed by atoms with Gasteiger partial charge in [0.2, 0.25) is 0 Å². The maximum Gasteiger partial charge on any atom is 0.284 e. The third-order valence-electron chi connectivity index (χ3n) is 4.93. The van der Waals surface area contributed by atoms with Crippen LogP contribution < -0.4 is 9.80 Å². The van der Waals surface area contributed by atoms with E-state index in [-0.39, 0.29) is 11.9 Å². The molecule has 3 rings (SSSR count). The van der Waals surface area contributed by atoms with Gasteiger partial charge in [0, 0.05) is 19.2 Å². The highest BCUT2D eigenvalue weighted by atomic mass is 16.2. The van der Waals surface area contributed by atoms with Gasteiger partial charge in [-0.2, -0.15) is 0 Å². The van der Waals surface area contributed by atoms with Gasteiger partial charge in [-0.05, 0) is 36.3 Å². The first-order chi connectivity index (χ1) is 11.7. The summed E-state index contributed by atoms with van der Waals surface area (Å²) in [6.45, 7) is 3.94. The summed E-state index contributed by atoms with van der Waals surface area (Å²) >= 11 is 0. The Bertz CT molecular complexity index is 709. The van der Waals surface area contributed by atoms with E-state index in [1.54, 1.807) is 4.90 Å². The zero-order valence-electron chi connectivity index (χ0n) is 14.4. The fraction of sp³-hybridized carbons (Fsp3) is 0.286. The lowest BCUT2D eigenvalue weighted by atomic mass is 9.99. The average molecular weight is 321 g/mol. The first-order valence-electron chi connectivity index (χ1n) is 8.58. The second-order valence-corrected chi connectivity index (χ2v) is 6.41. The second kappa shape index (κ2) is 7.45. The standard InChI is InChI=1S/C21H24N2O/c1-17(21(24)22(2)20-11-7-4-8-12-20)23-15-13-19(14-16-23)18-9-5-3-6-10-18/h3-13,17H,14-16H2,1-2H3/p+1/t17-/m0/s1. The predicted octanol–water partition coefficient (Wildman–Crippen LogP) is 2.41. The molecule has 1 N–H and O–H groups in total. The van der Waals surface area contributed by atoms with Gasteiger partial charge in [-0.25, -0.2) is 0 Å². The van der Waals surface area contributed by atoms with E-state index in [1.165, 1.54) is 16.0 Å². The van der Waals surface area contributed by atoms with Gasteiger partial charge in [0.1, 0.15) is 0 Å². The number of amides is 1. The fourth-order valence-electron chi connectivity index (χ4n) is 3.31. The van der Waals surface area contributed by atoms with E-state index in [0.29, 0.717) is 0 Å². The molecule has 2 aromatic carbocycles. The van der Waals surface area contributed by atoms with E-state index >= 15 is 0 Å². The molecule has 0 saturated carbocycles. The molecule has 0 radical (unpaired) electrons. The number of anilines is 1. The van der Waals surface area contributed by atoms with Crippen molar-refractivity contribution < 1.29 is 9.69 Å². The fourth-order valence-corrected chi connectivity index (χ4v) is 3.31. The molecule has 1 aliphatic heterocycles. The van der Waals surface area contributed by atoms with Crippen molar-refractivity contribution in [2.75, 3.05) is 25.0 Å². The summed E-state index contributed by atoms with van der Waals surface area (Å²) in [5, 5.41) is 0. The topological polar surface area (TPSA) is 24.8 Å². The molecule has 0 bridgehead atoms. The van der Waals surface area contributed by atoms with Crippen LogP contribution in [0.15, 0.2) is 66.7 Å². The molecule has 0 aliphatic carbocycles. The molecule has 3 nitrogen and oxygen atoms in total. The van der Waals surface area contributed by atoms with E-state index < -0.39 is 0 Å². The number of nitrogens with one attached hydrogen (secondary N) is 1. The summed E-state index contributed by atoms with van der Waals surface area (Å²) in [7, 11) is 1.86. The number of carbonyl (C=O) groups is 1. The second-order valence-electron chi connectivity index (χ2n) is 6.41. The molecule has 0 fully saturated rings. The molecular weight excluding hydrogens is 296 g/mol. The zero-order chi connectivity index (χ0) is 16.9. The highest BCUT2D eigenvalue weighted by Crippen LogP contribution is 2.18. The predicted molar refractivity (Wildman–Crippen MR) is 99.0 cm³/mol. The van der Waals surface area contributed by atoms with Gasteiger partial charge in [0.15, 0.2) is 6.04 Å². The molecule has 1 unspecified atom stereocenters. The summed E-state index contributed by atoms with van der Waals surface area (Å²) in [4.78, 5) is 15.9. The zero-order valence-corrected chi connectivity index (χ0v) is 14.4. The highest BCUT2D eigenvalue weighted by Gasteiger charge is 2.29. The summed E-state index contributed by atoms with van der Waals surface area (Å²) < 4.78 is 0. The first-order valence-corrected chi connectivity index (χ1v) is 8.58. The number of quaternary nitrogens is 1. The maximum atomic E-state index is 12.8. The van der Waals surface area contributed by atoms with Gasteiger partial charge < -0.3 is 9.80 Å². The van der Waals surface area contributed by atoms with Crippen molar-refractivity contribution in [2.24, 2.45) is 0 Å². The molecule has 0 aromatic heterocycles. The number of hydrogen-bond donors (Lipinski definition) is 1. The van der Waals surface area contributed by atoms with Crippen LogP contribution in [0, 0.1) is 0 Å². The molecule has 1 aliphatic rings. The Hall–Kier alpha value is -2.39. The average Bonchev–Trinajstić information content (AvgIpc) is 2.68. The molecule has 2 aromatic rings. The van der Waals surface area contributed by atoms with Gasteiger partial charge in [0.05, 0.1) is 13.1 Å². The van der Waals surface area contributed by atoms with Gasteiger partial charge >= 0.3 is 0 Å².